The highest BCUT2D eigenvalue weighted by Gasteiger charge is 2.08. The lowest BCUT2D eigenvalue weighted by molar-refractivity contribution is 0.151. The van der Waals surface area contributed by atoms with Gasteiger partial charge in [-0.2, -0.15) is 0 Å². The first-order chi connectivity index (χ1) is 9.69. The van der Waals surface area contributed by atoms with Crippen LogP contribution in [0.1, 0.15) is 24.8 Å². The molecule has 0 saturated carbocycles. The number of hydrogen-bond acceptors (Lipinski definition) is 4. The Bertz CT molecular complexity index is 441. The number of hydrogen-bond donors (Lipinski definition) is 1. The molecule has 0 spiro atoms. The van der Waals surface area contributed by atoms with Gasteiger partial charge in [0.1, 0.15) is 12.4 Å². The van der Waals surface area contributed by atoms with Crippen LogP contribution in [0.25, 0.3) is 0 Å². The van der Waals surface area contributed by atoms with Crippen molar-refractivity contribution in [2.24, 2.45) is 10.9 Å². The number of ether oxygens (including phenoxy) is 1. The fraction of sp³-hybridized carbons (Fsp3) is 0.500. The maximum absolute atomic E-state index is 13.5. The third-order valence-electron chi connectivity index (χ3n) is 2.65. The minimum atomic E-state index is -0.465. The van der Waals surface area contributed by atoms with Gasteiger partial charge in [-0.05, 0) is 31.4 Å². The second-order valence-electron chi connectivity index (χ2n) is 4.24. The molecule has 1 aromatic carbocycles. The Labute approximate surface area is 123 Å². The van der Waals surface area contributed by atoms with E-state index < -0.39 is 5.82 Å². The van der Waals surface area contributed by atoms with Crippen molar-refractivity contribution in [2.45, 2.75) is 19.3 Å². The average molecular weight is 303 g/mol. The zero-order chi connectivity index (χ0) is 14.8. The predicted octanol–water partition coefficient (Wildman–Crippen LogP) is 2.98. The summed E-state index contributed by atoms with van der Waals surface area (Å²) < 4.78 is 18.5. The van der Waals surface area contributed by atoms with Crippen molar-refractivity contribution in [1.82, 2.24) is 0 Å². The molecule has 0 aliphatic carbocycles. The van der Waals surface area contributed by atoms with E-state index in [9.17, 15) is 4.39 Å². The number of unbranched alkanes of at least 4 members (excludes halogenated alkanes) is 1. The van der Waals surface area contributed by atoms with Gasteiger partial charge in [-0.25, -0.2) is 4.39 Å². The number of nitrogens with two attached hydrogens (primary N) is 1. The Kier molecular flexibility index (Phi) is 8.18. The van der Waals surface area contributed by atoms with Crippen LogP contribution in [0.2, 0.25) is 5.02 Å². The first-order valence-electron chi connectivity index (χ1n) is 6.52. The van der Waals surface area contributed by atoms with Crippen molar-refractivity contribution in [1.29, 1.82) is 0 Å². The van der Waals surface area contributed by atoms with E-state index in [0.717, 1.165) is 12.8 Å². The molecular weight excluding hydrogens is 283 g/mol. The van der Waals surface area contributed by atoms with Crippen molar-refractivity contribution >= 4 is 17.3 Å². The molecule has 0 aromatic heterocycles. The Morgan fingerprint density at radius 3 is 2.80 bits per heavy atom. The molecule has 0 amide bonds. The van der Waals surface area contributed by atoms with E-state index in [2.05, 4.69) is 5.16 Å². The van der Waals surface area contributed by atoms with E-state index in [1.54, 1.807) is 13.2 Å². The molecule has 20 heavy (non-hydrogen) atoms. The summed E-state index contributed by atoms with van der Waals surface area (Å²) in [6.07, 6.45) is 2.46. The van der Waals surface area contributed by atoms with E-state index in [0.29, 0.717) is 37.5 Å². The topological polar surface area (TPSA) is 56.8 Å². The van der Waals surface area contributed by atoms with Crippen LogP contribution in [0.3, 0.4) is 0 Å². The van der Waals surface area contributed by atoms with Crippen LogP contribution in [0.5, 0.6) is 0 Å². The van der Waals surface area contributed by atoms with Crippen LogP contribution < -0.4 is 5.73 Å². The van der Waals surface area contributed by atoms with Gasteiger partial charge in [0.2, 0.25) is 0 Å². The van der Waals surface area contributed by atoms with Gasteiger partial charge >= 0.3 is 0 Å². The number of nitrogens with zero attached hydrogens (tertiary/aromatic N) is 1. The van der Waals surface area contributed by atoms with Crippen LogP contribution in [-0.4, -0.2) is 32.6 Å². The summed E-state index contributed by atoms with van der Waals surface area (Å²) in [6, 6.07) is 4.61. The summed E-state index contributed by atoms with van der Waals surface area (Å²) in [5.74, 6) is -0.465. The molecule has 2 N–H and O–H groups in total. The van der Waals surface area contributed by atoms with Gasteiger partial charge in [0.05, 0.1) is 10.7 Å². The summed E-state index contributed by atoms with van der Waals surface area (Å²) in [5.41, 5.74) is 6.70. The van der Waals surface area contributed by atoms with Crippen LogP contribution in [0.4, 0.5) is 4.39 Å². The molecule has 112 valence electrons. The van der Waals surface area contributed by atoms with Crippen molar-refractivity contribution in [2.75, 3.05) is 26.9 Å². The lowest BCUT2D eigenvalue weighted by Gasteiger charge is -2.08. The molecule has 0 atom stereocenters. The van der Waals surface area contributed by atoms with Crippen LogP contribution >= 0.6 is 11.6 Å². The minimum absolute atomic E-state index is 0.0929. The molecule has 0 aliphatic rings. The van der Waals surface area contributed by atoms with Gasteiger partial charge in [0.15, 0.2) is 0 Å². The SMILES string of the molecule is COCCCC/C(=N\OCCN)c1ccc(Cl)c(F)c1. The molecule has 0 radical (unpaired) electrons. The Hall–Kier alpha value is -1.17. The highest BCUT2D eigenvalue weighted by Crippen LogP contribution is 2.18. The molecule has 0 saturated heterocycles. The van der Waals surface area contributed by atoms with E-state index in [-0.39, 0.29) is 5.02 Å². The van der Waals surface area contributed by atoms with E-state index in [1.807, 2.05) is 0 Å². The number of halogens is 2. The second kappa shape index (κ2) is 9.69. The van der Waals surface area contributed by atoms with Crippen molar-refractivity contribution < 1.29 is 14.0 Å². The number of benzene rings is 1. The molecule has 0 bridgehead atoms. The van der Waals surface area contributed by atoms with Gasteiger partial charge in [-0.3, -0.25) is 0 Å². The first kappa shape index (κ1) is 16.9. The van der Waals surface area contributed by atoms with Gasteiger partial charge in [-0.1, -0.05) is 22.8 Å². The fourth-order valence-corrected chi connectivity index (χ4v) is 1.75. The highest BCUT2D eigenvalue weighted by molar-refractivity contribution is 6.30. The van der Waals surface area contributed by atoms with Gasteiger partial charge in [0, 0.05) is 25.8 Å². The molecule has 0 unspecified atom stereocenters. The van der Waals surface area contributed by atoms with Crippen LogP contribution in [0.15, 0.2) is 23.4 Å². The summed E-state index contributed by atoms with van der Waals surface area (Å²) in [4.78, 5) is 5.10. The average Bonchev–Trinajstić information content (AvgIpc) is 2.45. The monoisotopic (exact) mass is 302 g/mol. The van der Waals surface area contributed by atoms with Crippen molar-refractivity contribution in [3.05, 3.63) is 34.6 Å². The number of methoxy groups -OCH3 is 1. The van der Waals surface area contributed by atoms with Gasteiger partial charge in [-0.15, -0.1) is 0 Å². The Morgan fingerprint density at radius 1 is 1.35 bits per heavy atom. The molecule has 0 aliphatic heterocycles. The first-order valence-corrected chi connectivity index (χ1v) is 6.90. The second-order valence-corrected chi connectivity index (χ2v) is 4.65. The lowest BCUT2D eigenvalue weighted by atomic mass is 10.0. The molecule has 6 heteroatoms. The minimum Gasteiger partial charge on any atom is -0.394 e. The summed E-state index contributed by atoms with van der Waals surface area (Å²) >= 11 is 5.68. The third kappa shape index (κ3) is 5.86. The van der Waals surface area contributed by atoms with E-state index >= 15 is 0 Å². The maximum atomic E-state index is 13.5. The van der Waals surface area contributed by atoms with Crippen LogP contribution in [0, 0.1) is 5.82 Å². The summed E-state index contributed by atoms with van der Waals surface area (Å²) in [7, 11) is 1.66. The Morgan fingerprint density at radius 2 is 2.15 bits per heavy atom. The third-order valence-corrected chi connectivity index (χ3v) is 2.96. The molecule has 0 fully saturated rings. The zero-order valence-electron chi connectivity index (χ0n) is 11.6. The molecule has 0 heterocycles. The predicted molar refractivity (Wildman–Crippen MR) is 78.7 cm³/mol. The maximum Gasteiger partial charge on any atom is 0.142 e. The standard InChI is InChI=1S/C14H20ClFN2O2/c1-19-8-3-2-4-14(18-20-9-7-17)11-5-6-12(15)13(16)10-11/h5-6,10H,2-4,7-9,17H2,1H3/b18-14+. The van der Waals surface area contributed by atoms with Gasteiger partial charge < -0.3 is 15.3 Å². The zero-order valence-corrected chi connectivity index (χ0v) is 12.3. The Balaban J connectivity index is 2.74. The largest absolute Gasteiger partial charge is 0.394 e. The molecule has 1 rings (SSSR count). The van der Waals surface area contributed by atoms with Crippen molar-refractivity contribution in [3.8, 4) is 0 Å². The normalized spacial score (nSPS) is 11.7. The fourth-order valence-electron chi connectivity index (χ4n) is 1.63. The number of rotatable bonds is 9. The summed E-state index contributed by atoms with van der Waals surface area (Å²) in [6.45, 7) is 1.40. The quantitative estimate of drug-likeness (QED) is 0.433. The van der Waals surface area contributed by atoms with Crippen LogP contribution in [-0.2, 0) is 9.57 Å². The highest BCUT2D eigenvalue weighted by atomic mass is 35.5. The number of oxime groups is 1. The molecule has 4 nitrogen and oxygen atoms in total. The van der Waals surface area contributed by atoms with Crippen molar-refractivity contribution in [3.63, 3.8) is 0 Å². The summed E-state index contributed by atoms with van der Waals surface area (Å²) in [5, 5.41) is 4.13. The molecular formula is C14H20ClFN2O2. The lowest BCUT2D eigenvalue weighted by Crippen LogP contribution is -2.09. The molecule has 1 aromatic rings. The van der Waals surface area contributed by atoms with E-state index in [4.69, 9.17) is 26.9 Å². The smallest absolute Gasteiger partial charge is 0.142 e. The van der Waals surface area contributed by atoms with E-state index in [1.165, 1.54) is 12.1 Å². The van der Waals surface area contributed by atoms with Gasteiger partial charge in [0.25, 0.3) is 0 Å².